The molecule has 24 heavy (non-hydrogen) atoms. The van der Waals surface area contributed by atoms with E-state index in [9.17, 15) is 13.2 Å². The number of nitrogens with zero attached hydrogens (tertiary/aromatic N) is 4. The smallest absolute Gasteiger partial charge is 0.231 e. The number of aryl methyl sites for hydroxylation is 2. The number of amides is 1. The molecule has 2 aromatic rings. The zero-order valence-electron chi connectivity index (χ0n) is 14.1. The van der Waals surface area contributed by atoms with Gasteiger partial charge in [-0.2, -0.15) is 5.10 Å². The lowest BCUT2D eigenvalue weighted by molar-refractivity contribution is -0.119. The van der Waals surface area contributed by atoms with E-state index < -0.39 is 10.0 Å². The van der Waals surface area contributed by atoms with E-state index in [0.717, 1.165) is 34.5 Å². The first kappa shape index (κ1) is 18.3. The highest BCUT2D eigenvalue weighted by atomic mass is 32.2. The molecule has 0 fully saturated rings. The maximum Gasteiger partial charge on any atom is 0.231 e. The monoisotopic (exact) mass is 372 g/mol. The van der Waals surface area contributed by atoms with Crippen LogP contribution >= 0.6 is 11.3 Å². The van der Waals surface area contributed by atoms with Gasteiger partial charge in [-0.25, -0.2) is 8.42 Å². The average molecular weight is 372 g/mol. The topological polar surface area (TPSA) is 119 Å². The molecule has 1 amide bonds. The lowest BCUT2D eigenvalue weighted by Crippen LogP contribution is -2.22. The van der Waals surface area contributed by atoms with E-state index in [4.69, 9.17) is 0 Å². The zero-order valence-corrected chi connectivity index (χ0v) is 15.7. The van der Waals surface area contributed by atoms with Crippen molar-refractivity contribution in [2.75, 3.05) is 16.3 Å². The van der Waals surface area contributed by atoms with Crippen LogP contribution in [-0.4, -0.2) is 40.6 Å². The molecule has 9 nitrogen and oxygen atoms in total. The summed E-state index contributed by atoms with van der Waals surface area (Å²) in [5.41, 5.74) is 2.99. The number of aromatic nitrogens is 4. The van der Waals surface area contributed by atoms with Crippen LogP contribution in [0.15, 0.2) is 0 Å². The molecule has 1 unspecified atom stereocenters. The summed E-state index contributed by atoms with van der Waals surface area (Å²) in [6.07, 6.45) is 1.58. The molecule has 0 bridgehead atoms. The van der Waals surface area contributed by atoms with Gasteiger partial charge in [-0.05, 0) is 25.8 Å². The minimum absolute atomic E-state index is 0.111. The van der Waals surface area contributed by atoms with Crippen LogP contribution in [0.1, 0.15) is 23.9 Å². The number of hydrogen-bond acceptors (Lipinski definition) is 7. The van der Waals surface area contributed by atoms with Gasteiger partial charge < -0.3 is 5.32 Å². The van der Waals surface area contributed by atoms with Gasteiger partial charge in [0.2, 0.25) is 26.2 Å². The highest BCUT2D eigenvalue weighted by Crippen LogP contribution is 2.22. The van der Waals surface area contributed by atoms with Gasteiger partial charge in [0.05, 0.1) is 11.9 Å². The van der Waals surface area contributed by atoms with Crippen molar-refractivity contribution in [3.63, 3.8) is 0 Å². The van der Waals surface area contributed by atoms with Crippen LogP contribution in [0.5, 0.6) is 0 Å². The Balaban J connectivity index is 2.01. The van der Waals surface area contributed by atoms with Crippen molar-refractivity contribution < 1.29 is 13.2 Å². The quantitative estimate of drug-likeness (QED) is 0.783. The molecule has 2 aromatic heterocycles. The molecule has 2 N–H and O–H groups in total. The molecule has 2 rings (SSSR count). The van der Waals surface area contributed by atoms with E-state index >= 15 is 0 Å². The van der Waals surface area contributed by atoms with Gasteiger partial charge in [0.25, 0.3) is 0 Å². The number of hydrogen-bond donors (Lipinski definition) is 2. The fourth-order valence-corrected chi connectivity index (χ4v) is 3.69. The second-order valence-corrected chi connectivity index (χ2v) is 8.38. The Morgan fingerprint density at radius 3 is 2.46 bits per heavy atom. The Kier molecular flexibility index (Phi) is 5.23. The van der Waals surface area contributed by atoms with E-state index in [2.05, 4.69) is 25.3 Å². The van der Waals surface area contributed by atoms with Crippen molar-refractivity contribution in [1.82, 2.24) is 20.0 Å². The summed E-state index contributed by atoms with van der Waals surface area (Å²) in [6, 6.07) is 0. The van der Waals surface area contributed by atoms with Gasteiger partial charge in [0, 0.05) is 18.7 Å². The number of anilines is 2. The normalized spacial score (nSPS) is 12.9. The van der Waals surface area contributed by atoms with E-state index in [1.54, 1.807) is 4.68 Å². The van der Waals surface area contributed by atoms with Crippen LogP contribution in [0.2, 0.25) is 0 Å². The largest absolute Gasteiger partial charge is 0.300 e. The summed E-state index contributed by atoms with van der Waals surface area (Å²) in [4.78, 5) is 12.3. The molecule has 1 atom stereocenters. The van der Waals surface area contributed by atoms with Crippen LogP contribution in [0.4, 0.5) is 10.3 Å². The number of carbonyl (C=O) groups excluding carboxylic acids is 1. The predicted molar refractivity (Wildman–Crippen MR) is 92.6 cm³/mol. The Morgan fingerprint density at radius 1 is 1.29 bits per heavy atom. The third-order valence-electron chi connectivity index (χ3n) is 3.54. The van der Waals surface area contributed by atoms with Gasteiger partial charge in [0.15, 0.2) is 0 Å². The third-order valence-corrected chi connectivity index (χ3v) is 4.99. The Morgan fingerprint density at radius 2 is 1.92 bits per heavy atom. The molecule has 0 aliphatic carbocycles. The first-order valence-corrected chi connectivity index (χ1v) is 9.89. The highest BCUT2D eigenvalue weighted by molar-refractivity contribution is 7.92. The molecule has 132 valence electrons. The minimum Gasteiger partial charge on any atom is -0.300 e. The van der Waals surface area contributed by atoms with Crippen molar-refractivity contribution in [1.29, 1.82) is 0 Å². The fourth-order valence-electron chi connectivity index (χ4n) is 2.21. The number of rotatable bonds is 6. The van der Waals surface area contributed by atoms with Crippen LogP contribution in [0, 0.1) is 19.8 Å². The summed E-state index contributed by atoms with van der Waals surface area (Å²) in [5.74, 6) is -0.499. The minimum atomic E-state index is -3.42. The van der Waals surface area contributed by atoms with Gasteiger partial charge >= 0.3 is 0 Å². The fraction of sp³-hybridized carbons (Fsp3) is 0.538. The maximum atomic E-state index is 12.3. The maximum absolute atomic E-state index is 12.3. The average Bonchev–Trinajstić information content (AvgIpc) is 2.96. The second kappa shape index (κ2) is 6.85. The van der Waals surface area contributed by atoms with Crippen LogP contribution < -0.4 is 10.0 Å². The molecule has 0 spiro atoms. The van der Waals surface area contributed by atoms with Crippen molar-refractivity contribution in [2.45, 2.75) is 27.2 Å². The standard InChI is InChI=1S/C13H20N6O3S2/c1-7(6-10-8(2)17-19(4)9(10)3)11(20)14-12-15-16-13(23-12)18-24(5,21)22/h7H,6H2,1-5H3,(H,16,18)(H,14,15,20). The first-order valence-electron chi connectivity index (χ1n) is 7.18. The lowest BCUT2D eigenvalue weighted by atomic mass is 9.99. The molecular weight excluding hydrogens is 352 g/mol. The number of sulfonamides is 1. The molecule has 11 heteroatoms. The van der Waals surface area contributed by atoms with Crippen molar-refractivity contribution in [3.8, 4) is 0 Å². The zero-order chi connectivity index (χ0) is 18.1. The SMILES string of the molecule is Cc1nn(C)c(C)c1CC(C)C(=O)Nc1nnc(NS(C)(=O)=O)s1. The molecule has 0 saturated heterocycles. The van der Waals surface area contributed by atoms with Crippen LogP contribution in [-0.2, 0) is 28.3 Å². The van der Waals surface area contributed by atoms with Gasteiger partial charge in [0.1, 0.15) is 0 Å². The first-order chi connectivity index (χ1) is 11.1. The van der Waals surface area contributed by atoms with Crippen molar-refractivity contribution in [3.05, 3.63) is 17.0 Å². The lowest BCUT2D eigenvalue weighted by Gasteiger charge is -2.10. The van der Waals surface area contributed by atoms with Gasteiger partial charge in [-0.15, -0.1) is 10.2 Å². The summed E-state index contributed by atoms with van der Waals surface area (Å²) < 4.78 is 26.3. The summed E-state index contributed by atoms with van der Waals surface area (Å²) in [7, 11) is -1.55. The highest BCUT2D eigenvalue weighted by Gasteiger charge is 2.20. The van der Waals surface area contributed by atoms with E-state index in [0.29, 0.717) is 6.42 Å². The number of carbonyl (C=O) groups is 1. The van der Waals surface area contributed by atoms with Crippen LogP contribution in [0.25, 0.3) is 0 Å². The molecule has 0 aliphatic heterocycles. The summed E-state index contributed by atoms with van der Waals surface area (Å²) in [6.45, 7) is 5.70. The molecule has 0 saturated carbocycles. The molecule has 2 heterocycles. The summed E-state index contributed by atoms with van der Waals surface area (Å²) >= 11 is 0.961. The molecule has 0 aliphatic rings. The van der Waals surface area contributed by atoms with Crippen LogP contribution in [0.3, 0.4) is 0 Å². The third kappa shape index (κ3) is 4.51. The summed E-state index contributed by atoms with van der Waals surface area (Å²) in [5, 5.41) is 14.8. The van der Waals surface area contributed by atoms with Crippen molar-refractivity contribution >= 4 is 37.5 Å². The molecule has 0 radical (unpaired) electrons. The van der Waals surface area contributed by atoms with E-state index in [-0.39, 0.29) is 22.1 Å². The molecular formula is C13H20N6O3S2. The Hall–Kier alpha value is -2.01. The van der Waals surface area contributed by atoms with E-state index in [1.165, 1.54) is 0 Å². The Bertz CT molecular complexity index is 855. The predicted octanol–water partition coefficient (Wildman–Crippen LogP) is 1.08. The van der Waals surface area contributed by atoms with Crippen molar-refractivity contribution in [2.24, 2.45) is 13.0 Å². The second-order valence-electron chi connectivity index (χ2n) is 5.65. The Labute approximate surface area is 144 Å². The molecule has 0 aromatic carbocycles. The van der Waals surface area contributed by atoms with Gasteiger partial charge in [-0.3, -0.25) is 14.2 Å². The van der Waals surface area contributed by atoms with Gasteiger partial charge in [-0.1, -0.05) is 18.3 Å². The number of nitrogens with one attached hydrogen (secondary N) is 2. The van der Waals surface area contributed by atoms with E-state index in [1.807, 2.05) is 27.8 Å².